The van der Waals surface area contributed by atoms with Crippen molar-refractivity contribution in [3.63, 3.8) is 0 Å². The number of hydrogen-bond donors (Lipinski definition) is 2. The van der Waals surface area contributed by atoms with Crippen LogP contribution in [0.1, 0.15) is 16.8 Å². The van der Waals surface area contributed by atoms with Gasteiger partial charge >= 0.3 is 0 Å². The predicted octanol–water partition coefficient (Wildman–Crippen LogP) is -0.214. The van der Waals surface area contributed by atoms with Crippen LogP contribution in [0.15, 0.2) is 29.2 Å². The molecule has 0 saturated carbocycles. The van der Waals surface area contributed by atoms with Gasteiger partial charge in [-0.25, -0.2) is 13.1 Å². The molecule has 1 aromatic carbocycles. The Bertz CT molecular complexity index is 595. The first-order valence-corrected chi connectivity index (χ1v) is 8.70. The van der Waals surface area contributed by atoms with Crippen molar-refractivity contribution in [3.8, 4) is 0 Å². The van der Waals surface area contributed by atoms with Gasteiger partial charge in [0.1, 0.15) is 0 Å². The van der Waals surface area contributed by atoms with Crippen molar-refractivity contribution in [2.24, 2.45) is 5.73 Å². The lowest BCUT2D eigenvalue weighted by atomic mass is 10.2. The molecule has 0 radical (unpaired) electrons. The van der Waals surface area contributed by atoms with Crippen LogP contribution in [0.4, 0.5) is 0 Å². The number of ether oxygens (including phenoxy) is 1. The van der Waals surface area contributed by atoms with Crippen LogP contribution in [0.2, 0.25) is 0 Å². The molecule has 0 spiro atoms. The van der Waals surface area contributed by atoms with E-state index in [9.17, 15) is 13.2 Å². The average Bonchev–Trinajstić information content (AvgIpc) is 2.55. The highest BCUT2D eigenvalue weighted by Gasteiger charge is 2.19. The lowest BCUT2D eigenvalue weighted by Gasteiger charge is -2.26. The zero-order valence-corrected chi connectivity index (χ0v) is 13.1. The molecule has 1 aliphatic rings. The van der Waals surface area contributed by atoms with Crippen molar-refractivity contribution in [1.29, 1.82) is 0 Å². The molecule has 1 saturated heterocycles. The topological polar surface area (TPSA) is 102 Å². The maximum atomic E-state index is 12.3. The van der Waals surface area contributed by atoms with Crippen LogP contribution in [-0.2, 0) is 14.8 Å². The van der Waals surface area contributed by atoms with E-state index in [1.807, 2.05) is 0 Å². The van der Waals surface area contributed by atoms with Crippen LogP contribution < -0.4 is 10.5 Å². The van der Waals surface area contributed by atoms with E-state index in [1.165, 1.54) is 24.3 Å². The fourth-order valence-electron chi connectivity index (χ4n) is 2.12. The zero-order chi connectivity index (χ0) is 16.0. The molecule has 0 aromatic heterocycles. The Balaban J connectivity index is 2.04. The molecule has 1 aromatic rings. The van der Waals surface area contributed by atoms with E-state index in [1.54, 1.807) is 4.90 Å². The van der Waals surface area contributed by atoms with Gasteiger partial charge in [-0.1, -0.05) is 0 Å². The highest BCUT2D eigenvalue weighted by atomic mass is 32.2. The Morgan fingerprint density at radius 3 is 2.45 bits per heavy atom. The number of sulfonamides is 1. The summed E-state index contributed by atoms with van der Waals surface area (Å²) in [5.41, 5.74) is 5.81. The molecule has 7 nitrogen and oxygen atoms in total. The first kappa shape index (κ1) is 16.9. The van der Waals surface area contributed by atoms with Gasteiger partial charge in [-0.15, -0.1) is 0 Å². The molecule has 1 fully saturated rings. The molecular formula is C14H21N3O4S. The molecule has 0 unspecified atom stereocenters. The molecule has 1 amide bonds. The average molecular weight is 327 g/mol. The molecular weight excluding hydrogens is 306 g/mol. The lowest BCUT2D eigenvalue weighted by molar-refractivity contribution is 0.0303. The quantitative estimate of drug-likeness (QED) is 0.704. The minimum atomic E-state index is -3.55. The van der Waals surface area contributed by atoms with Crippen LogP contribution in [0.3, 0.4) is 0 Å². The van der Waals surface area contributed by atoms with Gasteiger partial charge in [0.05, 0.1) is 18.1 Å². The van der Waals surface area contributed by atoms with Gasteiger partial charge in [0.25, 0.3) is 5.91 Å². The number of rotatable bonds is 6. The number of nitrogens with one attached hydrogen (secondary N) is 1. The first-order valence-electron chi connectivity index (χ1n) is 7.21. The Labute approximate surface area is 130 Å². The van der Waals surface area contributed by atoms with E-state index in [0.29, 0.717) is 51.4 Å². The van der Waals surface area contributed by atoms with E-state index in [-0.39, 0.29) is 10.8 Å². The third-order valence-electron chi connectivity index (χ3n) is 3.38. The molecule has 0 bridgehead atoms. The second-order valence-electron chi connectivity index (χ2n) is 4.97. The number of carbonyl (C=O) groups excluding carboxylic acids is 1. The predicted molar refractivity (Wildman–Crippen MR) is 82.0 cm³/mol. The smallest absolute Gasteiger partial charge is 0.254 e. The number of hydrogen-bond acceptors (Lipinski definition) is 5. The summed E-state index contributed by atoms with van der Waals surface area (Å²) in [4.78, 5) is 14.1. The number of nitrogens with zero attached hydrogens (tertiary/aromatic N) is 1. The van der Waals surface area contributed by atoms with Crippen molar-refractivity contribution >= 4 is 15.9 Å². The number of carbonyl (C=O) groups is 1. The van der Waals surface area contributed by atoms with Crippen LogP contribution in [0.5, 0.6) is 0 Å². The van der Waals surface area contributed by atoms with Gasteiger partial charge < -0.3 is 15.4 Å². The summed E-state index contributed by atoms with van der Waals surface area (Å²) in [5, 5.41) is 0. The summed E-state index contributed by atoms with van der Waals surface area (Å²) in [7, 11) is -3.55. The highest BCUT2D eigenvalue weighted by molar-refractivity contribution is 7.89. The largest absolute Gasteiger partial charge is 0.378 e. The summed E-state index contributed by atoms with van der Waals surface area (Å²) < 4.78 is 31.7. The molecule has 3 N–H and O–H groups in total. The van der Waals surface area contributed by atoms with Gasteiger partial charge in [-0.3, -0.25) is 4.79 Å². The summed E-state index contributed by atoms with van der Waals surface area (Å²) in [5.74, 6) is -0.108. The SMILES string of the molecule is NCCCNS(=O)(=O)c1ccc(C(=O)N2CCOCC2)cc1. The van der Waals surface area contributed by atoms with Gasteiger partial charge in [-0.05, 0) is 37.2 Å². The minimum Gasteiger partial charge on any atom is -0.378 e. The molecule has 1 aliphatic heterocycles. The number of nitrogens with two attached hydrogens (primary N) is 1. The monoisotopic (exact) mass is 327 g/mol. The van der Waals surface area contributed by atoms with Crippen molar-refractivity contribution in [2.45, 2.75) is 11.3 Å². The minimum absolute atomic E-state index is 0.108. The third kappa shape index (κ3) is 4.26. The molecule has 0 atom stereocenters. The Morgan fingerprint density at radius 2 is 1.86 bits per heavy atom. The Morgan fingerprint density at radius 1 is 1.23 bits per heavy atom. The molecule has 22 heavy (non-hydrogen) atoms. The van der Waals surface area contributed by atoms with Crippen LogP contribution in [0, 0.1) is 0 Å². The molecule has 2 rings (SSSR count). The van der Waals surface area contributed by atoms with E-state index in [2.05, 4.69) is 4.72 Å². The Hall–Kier alpha value is -1.48. The summed E-state index contributed by atoms with van der Waals surface area (Å²) in [6, 6.07) is 5.96. The van der Waals surface area contributed by atoms with Crippen LogP contribution in [0.25, 0.3) is 0 Å². The van der Waals surface area contributed by atoms with E-state index < -0.39 is 10.0 Å². The van der Waals surface area contributed by atoms with E-state index in [4.69, 9.17) is 10.5 Å². The fourth-order valence-corrected chi connectivity index (χ4v) is 3.19. The molecule has 122 valence electrons. The first-order chi connectivity index (χ1) is 10.5. The van der Waals surface area contributed by atoms with Crippen molar-refractivity contribution < 1.29 is 17.9 Å². The summed E-state index contributed by atoms with van der Waals surface area (Å²) in [6.45, 7) is 2.90. The highest BCUT2D eigenvalue weighted by Crippen LogP contribution is 2.13. The Kier molecular flexibility index (Phi) is 5.90. The maximum Gasteiger partial charge on any atom is 0.254 e. The van der Waals surface area contributed by atoms with Gasteiger partial charge in [0, 0.05) is 25.2 Å². The van der Waals surface area contributed by atoms with Gasteiger partial charge in [0.15, 0.2) is 0 Å². The van der Waals surface area contributed by atoms with Gasteiger partial charge in [-0.2, -0.15) is 0 Å². The fraction of sp³-hybridized carbons (Fsp3) is 0.500. The van der Waals surface area contributed by atoms with E-state index in [0.717, 1.165) is 0 Å². The van der Waals surface area contributed by atoms with Gasteiger partial charge in [0.2, 0.25) is 10.0 Å². The lowest BCUT2D eigenvalue weighted by Crippen LogP contribution is -2.40. The molecule has 1 heterocycles. The van der Waals surface area contributed by atoms with Crippen LogP contribution >= 0.6 is 0 Å². The number of benzene rings is 1. The van der Waals surface area contributed by atoms with Crippen molar-refractivity contribution in [1.82, 2.24) is 9.62 Å². The molecule has 8 heteroatoms. The normalized spacial score (nSPS) is 15.8. The maximum absolute atomic E-state index is 12.3. The second kappa shape index (κ2) is 7.68. The second-order valence-corrected chi connectivity index (χ2v) is 6.74. The van der Waals surface area contributed by atoms with Crippen molar-refractivity contribution in [3.05, 3.63) is 29.8 Å². The van der Waals surface area contributed by atoms with Crippen molar-refractivity contribution in [2.75, 3.05) is 39.4 Å². The number of morpholine rings is 1. The molecule has 0 aliphatic carbocycles. The number of amides is 1. The standard InChI is InChI=1S/C14H21N3O4S/c15-6-1-7-16-22(19,20)13-4-2-12(3-5-13)14(18)17-8-10-21-11-9-17/h2-5,16H,1,6-11,15H2. The third-order valence-corrected chi connectivity index (χ3v) is 4.86. The summed E-state index contributed by atoms with van der Waals surface area (Å²) in [6.07, 6.45) is 0.576. The van der Waals surface area contributed by atoms with E-state index >= 15 is 0 Å². The zero-order valence-electron chi connectivity index (χ0n) is 12.3. The summed E-state index contributed by atoms with van der Waals surface area (Å²) >= 11 is 0. The van der Waals surface area contributed by atoms with Crippen LogP contribution in [-0.4, -0.2) is 58.6 Å².